The lowest BCUT2D eigenvalue weighted by Gasteiger charge is -2.35. The molecular weight excluding hydrogens is 214 g/mol. The van der Waals surface area contributed by atoms with Crippen molar-refractivity contribution in [3.05, 3.63) is 47.7 Å². The highest BCUT2D eigenvalue weighted by Gasteiger charge is 2.34. The summed E-state index contributed by atoms with van der Waals surface area (Å²) in [5, 5.41) is 5.76. The summed E-state index contributed by atoms with van der Waals surface area (Å²) in [4.78, 5) is 16.0. The molecule has 2 unspecified atom stereocenters. The van der Waals surface area contributed by atoms with E-state index in [2.05, 4.69) is 33.9 Å². The molecule has 0 aromatic carbocycles. The number of hydrogen-bond donors (Lipinski definition) is 2. The zero-order valence-corrected chi connectivity index (χ0v) is 9.47. The highest BCUT2D eigenvalue weighted by molar-refractivity contribution is 6.38. The number of carbonyl (C=O) groups is 1. The van der Waals surface area contributed by atoms with E-state index in [1.54, 1.807) is 7.05 Å². The molecular formula is C13H13N3O. The maximum atomic E-state index is 11.6. The summed E-state index contributed by atoms with van der Waals surface area (Å²) in [7, 11) is 1.61. The van der Waals surface area contributed by atoms with Crippen LogP contribution in [0.5, 0.6) is 0 Å². The van der Waals surface area contributed by atoms with Crippen molar-refractivity contribution in [3.63, 3.8) is 0 Å². The summed E-state index contributed by atoms with van der Waals surface area (Å²) in [5.41, 5.74) is 2.19. The first-order valence-corrected chi connectivity index (χ1v) is 5.63. The second-order valence-electron chi connectivity index (χ2n) is 4.19. The Hall–Kier alpha value is -2.10. The molecule has 0 aromatic heterocycles. The van der Waals surface area contributed by atoms with Gasteiger partial charge in [-0.25, -0.2) is 4.99 Å². The van der Waals surface area contributed by atoms with Gasteiger partial charge in [0.15, 0.2) is 5.84 Å². The van der Waals surface area contributed by atoms with Crippen LogP contribution in [0.15, 0.2) is 52.7 Å². The largest absolute Gasteiger partial charge is 0.358 e. The van der Waals surface area contributed by atoms with Crippen LogP contribution in [-0.4, -0.2) is 24.8 Å². The molecule has 3 rings (SSSR count). The molecule has 86 valence electrons. The molecule has 0 saturated carbocycles. The maximum absolute atomic E-state index is 11.6. The second-order valence-corrected chi connectivity index (χ2v) is 4.19. The average Bonchev–Trinajstić information content (AvgIpc) is 2.38. The fraction of sp³-hybridized carbons (Fsp3) is 0.231. The molecule has 17 heavy (non-hydrogen) atoms. The summed E-state index contributed by atoms with van der Waals surface area (Å²) in [6.45, 7) is 0. The summed E-state index contributed by atoms with van der Waals surface area (Å²) in [6, 6.07) is 0.121. The summed E-state index contributed by atoms with van der Waals surface area (Å²) < 4.78 is 0. The first-order chi connectivity index (χ1) is 8.29. The van der Waals surface area contributed by atoms with Crippen LogP contribution in [-0.2, 0) is 4.79 Å². The van der Waals surface area contributed by atoms with Gasteiger partial charge in [0.2, 0.25) is 0 Å². The molecule has 0 bridgehead atoms. The number of likely N-dealkylation sites (N-methyl/N-ethyl adjacent to an activating group) is 1. The third-order valence-electron chi connectivity index (χ3n) is 3.19. The smallest absolute Gasteiger partial charge is 0.286 e. The van der Waals surface area contributed by atoms with E-state index in [0.29, 0.717) is 5.84 Å². The number of rotatable bonds is 1. The van der Waals surface area contributed by atoms with Crippen LogP contribution in [0.25, 0.3) is 0 Å². The SMILES string of the molecule is CNC(=O)C1=NC2=CC=CC3=CC=CC(N1)C32. The number of amides is 1. The Morgan fingerprint density at radius 1 is 1.41 bits per heavy atom. The molecule has 0 fully saturated rings. The van der Waals surface area contributed by atoms with Crippen molar-refractivity contribution < 1.29 is 4.79 Å². The average molecular weight is 227 g/mol. The molecule has 2 aliphatic carbocycles. The van der Waals surface area contributed by atoms with Gasteiger partial charge in [-0.05, 0) is 11.6 Å². The Labute approximate surface area is 99.5 Å². The highest BCUT2D eigenvalue weighted by Crippen LogP contribution is 2.34. The van der Waals surface area contributed by atoms with Gasteiger partial charge in [0.1, 0.15) is 0 Å². The molecule has 0 saturated heterocycles. The van der Waals surface area contributed by atoms with Gasteiger partial charge in [0.25, 0.3) is 5.91 Å². The van der Waals surface area contributed by atoms with Gasteiger partial charge < -0.3 is 10.6 Å². The Morgan fingerprint density at radius 2 is 2.29 bits per heavy atom. The lowest BCUT2D eigenvalue weighted by atomic mass is 9.81. The van der Waals surface area contributed by atoms with Crippen molar-refractivity contribution in [1.82, 2.24) is 10.6 Å². The van der Waals surface area contributed by atoms with Crippen molar-refractivity contribution in [2.24, 2.45) is 10.9 Å². The Balaban J connectivity index is 2.04. The van der Waals surface area contributed by atoms with Crippen LogP contribution in [0, 0.1) is 5.92 Å². The topological polar surface area (TPSA) is 53.5 Å². The molecule has 1 heterocycles. The fourth-order valence-electron chi connectivity index (χ4n) is 2.38. The molecule has 1 aliphatic heterocycles. The predicted molar refractivity (Wildman–Crippen MR) is 66.4 cm³/mol. The van der Waals surface area contributed by atoms with Crippen molar-refractivity contribution in [2.75, 3.05) is 7.05 Å². The molecule has 2 N–H and O–H groups in total. The van der Waals surface area contributed by atoms with E-state index in [1.807, 2.05) is 18.2 Å². The standard InChI is InChI=1S/C13H13N3O/c1-14-13(17)12-15-9-6-2-4-8-5-3-7-10(16-12)11(8)9/h2-7,9,11H,1H3,(H,14,17)(H,15,16). The van der Waals surface area contributed by atoms with Gasteiger partial charge in [-0.1, -0.05) is 30.4 Å². The Kier molecular flexibility index (Phi) is 2.21. The first kappa shape index (κ1) is 10.1. The molecule has 3 aliphatic rings. The zero-order chi connectivity index (χ0) is 11.8. The minimum atomic E-state index is -0.177. The number of hydrogen-bond acceptors (Lipinski definition) is 3. The third-order valence-corrected chi connectivity index (χ3v) is 3.19. The lowest BCUT2D eigenvalue weighted by molar-refractivity contribution is -0.114. The fourth-order valence-corrected chi connectivity index (χ4v) is 2.38. The van der Waals surface area contributed by atoms with Gasteiger partial charge in [0.05, 0.1) is 17.7 Å². The van der Waals surface area contributed by atoms with Crippen molar-refractivity contribution in [3.8, 4) is 0 Å². The van der Waals surface area contributed by atoms with E-state index in [-0.39, 0.29) is 17.9 Å². The van der Waals surface area contributed by atoms with E-state index in [9.17, 15) is 4.79 Å². The Morgan fingerprint density at radius 3 is 3.12 bits per heavy atom. The van der Waals surface area contributed by atoms with Crippen LogP contribution in [0.3, 0.4) is 0 Å². The van der Waals surface area contributed by atoms with Crippen LogP contribution in [0.4, 0.5) is 0 Å². The summed E-state index contributed by atoms with van der Waals surface area (Å²) >= 11 is 0. The minimum Gasteiger partial charge on any atom is -0.358 e. The van der Waals surface area contributed by atoms with Gasteiger partial charge in [0, 0.05) is 7.05 Å². The number of aliphatic imine (C=N–C) groups is 1. The summed E-state index contributed by atoms with van der Waals surface area (Å²) in [6.07, 6.45) is 12.2. The van der Waals surface area contributed by atoms with Crippen molar-refractivity contribution in [1.29, 1.82) is 0 Å². The van der Waals surface area contributed by atoms with E-state index >= 15 is 0 Å². The highest BCUT2D eigenvalue weighted by atomic mass is 16.2. The van der Waals surface area contributed by atoms with Crippen molar-refractivity contribution >= 4 is 11.7 Å². The minimum absolute atomic E-state index is 0.121. The quantitative estimate of drug-likeness (QED) is 0.691. The normalized spacial score (nSPS) is 28.4. The molecule has 4 nitrogen and oxygen atoms in total. The second kappa shape index (κ2) is 3.73. The number of allylic oxidation sites excluding steroid dienone is 5. The van der Waals surface area contributed by atoms with Crippen LogP contribution in [0.2, 0.25) is 0 Å². The maximum Gasteiger partial charge on any atom is 0.286 e. The molecule has 2 atom stereocenters. The number of nitrogens with one attached hydrogen (secondary N) is 2. The number of carbonyl (C=O) groups excluding carboxylic acids is 1. The molecule has 0 radical (unpaired) electrons. The summed E-state index contributed by atoms with van der Waals surface area (Å²) in [5.74, 6) is 0.447. The first-order valence-electron chi connectivity index (χ1n) is 5.63. The molecule has 4 heteroatoms. The molecule has 0 spiro atoms. The number of nitrogens with zero attached hydrogens (tertiary/aromatic N) is 1. The van der Waals surface area contributed by atoms with E-state index in [0.717, 1.165) is 5.70 Å². The van der Waals surface area contributed by atoms with Crippen LogP contribution in [0.1, 0.15) is 0 Å². The van der Waals surface area contributed by atoms with Crippen LogP contribution >= 0.6 is 0 Å². The van der Waals surface area contributed by atoms with E-state index < -0.39 is 0 Å². The van der Waals surface area contributed by atoms with Crippen LogP contribution < -0.4 is 10.6 Å². The van der Waals surface area contributed by atoms with Gasteiger partial charge in [-0.15, -0.1) is 0 Å². The van der Waals surface area contributed by atoms with Gasteiger partial charge in [-0.2, -0.15) is 0 Å². The third kappa shape index (κ3) is 1.53. The van der Waals surface area contributed by atoms with E-state index in [4.69, 9.17) is 0 Å². The lowest BCUT2D eigenvalue weighted by Crippen LogP contribution is -2.50. The Bertz CT molecular complexity index is 523. The van der Waals surface area contributed by atoms with Gasteiger partial charge >= 0.3 is 0 Å². The van der Waals surface area contributed by atoms with Gasteiger partial charge in [-0.3, -0.25) is 4.79 Å². The zero-order valence-electron chi connectivity index (χ0n) is 9.47. The monoisotopic (exact) mass is 227 g/mol. The van der Waals surface area contributed by atoms with Crippen molar-refractivity contribution in [2.45, 2.75) is 6.04 Å². The molecule has 0 aromatic rings. The number of amidine groups is 1. The molecule has 1 amide bonds. The predicted octanol–water partition coefficient (Wildman–Crippen LogP) is 0.669. The van der Waals surface area contributed by atoms with E-state index in [1.165, 1.54) is 5.57 Å².